The Balaban J connectivity index is 1.47. The molecule has 1 saturated heterocycles. The van der Waals surface area contributed by atoms with Crippen LogP contribution in [0.2, 0.25) is 0 Å². The van der Waals surface area contributed by atoms with Crippen molar-refractivity contribution < 1.29 is 4.74 Å². The van der Waals surface area contributed by atoms with Crippen LogP contribution in [0, 0.1) is 5.41 Å². The van der Waals surface area contributed by atoms with E-state index in [4.69, 9.17) is 4.74 Å². The number of methoxy groups -OCH3 is 1. The molecule has 112 valence electrons. The van der Waals surface area contributed by atoms with Gasteiger partial charge in [-0.05, 0) is 70.1 Å². The van der Waals surface area contributed by atoms with Gasteiger partial charge in [-0.15, -0.1) is 0 Å². The van der Waals surface area contributed by atoms with Crippen LogP contribution in [-0.4, -0.2) is 51.3 Å². The number of hydrogen-bond donors (Lipinski definition) is 1. The zero-order valence-electron chi connectivity index (χ0n) is 12.8. The third kappa shape index (κ3) is 5.05. The Morgan fingerprint density at radius 3 is 2.42 bits per heavy atom. The van der Waals surface area contributed by atoms with Crippen molar-refractivity contribution in [1.82, 2.24) is 10.2 Å². The Morgan fingerprint density at radius 1 is 1.00 bits per heavy atom. The van der Waals surface area contributed by atoms with Gasteiger partial charge < -0.3 is 15.0 Å². The van der Waals surface area contributed by atoms with Crippen LogP contribution in [0.4, 0.5) is 0 Å². The second-order valence-electron chi connectivity index (χ2n) is 6.50. The molecule has 19 heavy (non-hydrogen) atoms. The molecule has 0 bridgehead atoms. The van der Waals surface area contributed by atoms with Gasteiger partial charge in [0.05, 0.1) is 6.61 Å². The normalized spacial score (nSPS) is 23.2. The summed E-state index contributed by atoms with van der Waals surface area (Å²) in [6.45, 7) is 6.98. The van der Waals surface area contributed by atoms with Gasteiger partial charge in [-0.3, -0.25) is 0 Å². The predicted molar refractivity (Wildman–Crippen MR) is 80.6 cm³/mol. The monoisotopic (exact) mass is 268 g/mol. The zero-order chi connectivity index (χ0) is 13.4. The first-order valence-electron chi connectivity index (χ1n) is 8.27. The summed E-state index contributed by atoms with van der Waals surface area (Å²) >= 11 is 0. The van der Waals surface area contributed by atoms with Crippen LogP contribution >= 0.6 is 0 Å². The highest BCUT2D eigenvalue weighted by Gasteiger charge is 2.36. The Morgan fingerprint density at radius 2 is 1.74 bits per heavy atom. The first-order valence-corrected chi connectivity index (χ1v) is 8.27. The molecule has 1 aliphatic heterocycles. The van der Waals surface area contributed by atoms with Crippen LogP contribution in [-0.2, 0) is 4.74 Å². The Labute approximate surface area is 119 Å². The Hall–Kier alpha value is -0.120. The molecule has 0 amide bonds. The average molecular weight is 268 g/mol. The Kier molecular flexibility index (Phi) is 6.62. The van der Waals surface area contributed by atoms with Crippen LogP contribution in [0.5, 0.6) is 0 Å². The quantitative estimate of drug-likeness (QED) is 0.685. The molecule has 1 aliphatic carbocycles. The molecule has 2 fully saturated rings. The van der Waals surface area contributed by atoms with Crippen molar-refractivity contribution in [2.75, 3.05) is 46.4 Å². The van der Waals surface area contributed by atoms with Crippen molar-refractivity contribution in [2.24, 2.45) is 5.41 Å². The molecule has 0 radical (unpaired) electrons. The maximum atomic E-state index is 5.02. The third-order valence-electron chi connectivity index (χ3n) is 5.14. The third-order valence-corrected chi connectivity index (χ3v) is 5.14. The fraction of sp³-hybridized carbons (Fsp3) is 1.00. The minimum atomic E-state index is 0.776. The van der Waals surface area contributed by atoms with Crippen molar-refractivity contribution in [3.8, 4) is 0 Å². The average Bonchev–Trinajstić information content (AvgIpc) is 2.89. The van der Waals surface area contributed by atoms with Crippen LogP contribution in [0.3, 0.4) is 0 Å². The molecular formula is C16H32N2O. The smallest absolute Gasteiger partial charge is 0.0587 e. The molecule has 0 atom stereocenters. The second kappa shape index (κ2) is 8.23. The first kappa shape index (κ1) is 15.3. The number of rotatable bonds is 8. The molecule has 0 aromatic heterocycles. The molecule has 0 aromatic carbocycles. The van der Waals surface area contributed by atoms with Gasteiger partial charge >= 0.3 is 0 Å². The minimum absolute atomic E-state index is 0.776. The van der Waals surface area contributed by atoms with E-state index in [-0.39, 0.29) is 0 Å². The highest BCUT2D eigenvalue weighted by atomic mass is 16.5. The van der Waals surface area contributed by atoms with E-state index in [1.165, 1.54) is 71.0 Å². The molecule has 1 N–H and O–H groups in total. The number of nitrogens with one attached hydrogen (secondary N) is 1. The van der Waals surface area contributed by atoms with Gasteiger partial charge in [0.15, 0.2) is 0 Å². The lowest BCUT2D eigenvalue weighted by Crippen LogP contribution is -2.39. The molecule has 1 heterocycles. The van der Waals surface area contributed by atoms with Crippen molar-refractivity contribution in [3.05, 3.63) is 0 Å². The fourth-order valence-corrected chi connectivity index (χ4v) is 3.76. The summed E-state index contributed by atoms with van der Waals surface area (Å²) in [4.78, 5) is 2.69. The summed E-state index contributed by atoms with van der Waals surface area (Å²) in [6, 6.07) is 0. The highest BCUT2D eigenvalue weighted by molar-refractivity contribution is 4.89. The van der Waals surface area contributed by atoms with Gasteiger partial charge in [0.1, 0.15) is 0 Å². The SMILES string of the molecule is COCCNCCCCN1CCC2(CCCC2)CC1. The van der Waals surface area contributed by atoms with Crippen molar-refractivity contribution in [3.63, 3.8) is 0 Å². The summed E-state index contributed by atoms with van der Waals surface area (Å²) < 4.78 is 5.02. The lowest BCUT2D eigenvalue weighted by Gasteiger charge is -2.39. The van der Waals surface area contributed by atoms with Gasteiger partial charge in [0.25, 0.3) is 0 Å². The van der Waals surface area contributed by atoms with Gasteiger partial charge in [-0.1, -0.05) is 12.8 Å². The fourth-order valence-electron chi connectivity index (χ4n) is 3.76. The zero-order valence-corrected chi connectivity index (χ0v) is 12.8. The molecule has 3 heteroatoms. The highest BCUT2D eigenvalue weighted by Crippen LogP contribution is 2.45. The van der Waals surface area contributed by atoms with Crippen molar-refractivity contribution in [2.45, 2.75) is 51.4 Å². The van der Waals surface area contributed by atoms with Gasteiger partial charge in [-0.2, -0.15) is 0 Å². The lowest BCUT2D eigenvalue weighted by atomic mass is 9.77. The topological polar surface area (TPSA) is 24.5 Å². The minimum Gasteiger partial charge on any atom is -0.383 e. The predicted octanol–water partition coefficient (Wildman–Crippen LogP) is 2.66. The number of likely N-dealkylation sites (tertiary alicyclic amines) is 1. The van der Waals surface area contributed by atoms with E-state index in [0.717, 1.165) is 25.1 Å². The summed E-state index contributed by atoms with van der Waals surface area (Å²) in [5, 5.41) is 3.42. The van der Waals surface area contributed by atoms with Gasteiger partial charge in [0.2, 0.25) is 0 Å². The first-order chi connectivity index (χ1) is 9.35. The largest absolute Gasteiger partial charge is 0.383 e. The molecule has 1 saturated carbocycles. The summed E-state index contributed by atoms with van der Waals surface area (Å²) in [6.07, 6.45) is 11.6. The van der Waals surface area contributed by atoms with Crippen LogP contribution in [0.1, 0.15) is 51.4 Å². The molecule has 0 unspecified atom stereocenters. The van der Waals surface area contributed by atoms with E-state index in [1.54, 1.807) is 7.11 Å². The second-order valence-corrected chi connectivity index (χ2v) is 6.50. The van der Waals surface area contributed by atoms with Crippen LogP contribution in [0.25, 0.3) is 0 Å². The number of ether oxygens (including phenoxy) is 1. The Bertz CT molecular complexity index is 229. The molecule has 3 nitrogen and oxygen atoms in total. The van der Waals surface area contributed by atoms with Gasteiger partial charge in [-0.25, -0.2) is 0 Å². The van der Waals surface area contributed by atoms with E-state index in [2.05, 4.69) is 10.2 Å². The lowest BCUT2D eigenvalue weighted by molar-refractivity contribution is 0.107. The number of hydrogen-bond acceptors (Lipinski definition) is 3. The number of unbranched alkanes of at least 4 members (excludes halogenated alkanes) is 1. The molecule has 2 aliphatic rings. The standard InChI is InChI=1S/C16H32N2O/c1-19-15-11-17-10-4-5-12-18-13-8-16(9-14-18)6-2-3-7-16/h17H,2-15H2,1H3. The summed E-state index contributed by atoms with van der Waals surface area (Å²) in [5.74, 6) is 0. The molecule has 1 spiro atoms. The molecule has 2 rings (SSSR count). The van der Waals surface area contributed by atoms with E-state index >= 15 is 0 Å². The number of piperidine rings is 1. The van der Waals surface area contributed by atoms with Crippen molar-refractivity contribution >= 4 is 0 Å². The molecular weight excluding hydrogens is 236 g/mol. The maximum absolute atomic E-state index is 5.02. The summed E-state index contributed by atoms with van der Waals surface area (Å²) in [7, 11) is 1.76. The van der Waals surface area contributed by atoms with Crippen LogP contribution < -0.4 is 5.32 Å². The number of nitrogens with zero attached hydrogens (tertiary/aromatic N) is 1. The van der Waals surface area contributed by atoms with E-state index in [1.807, 2.05) is 0 Å². The molecule has 0 aromatic rings. The van der Waals surface area contributed by atoms with Crippen LogP contribution in [0.15, 0.2) is 0 Å². The van der Waals surface area contributed by atoms with E-state index in [0.29, 0.717) is 0 Å². The van der Waals surface area contributed by atoms with E-state index < -0.39 is 0 Å². The van der Waals surface area contributed by atoms with E-state index in [9.17, 15) is 0 Å². The summed E-state index contributed by atoms with van der Waals surface area (Å²) in [5.41, 5.74) is 0.776. The van der Waals surface area contributed by atoms with Crippen molar-refractivity contribution in [1.29, 1.82) is 0 Å². The van der Waals surface area contributed by atoms with Gasteiger partial charge in [0, 0.05) is 13.7 Å². The maximum Gasteiger partial charge on any atom is 0.0587 e.